The number of hydrogen-bond donors (Lipinski definition) is 2. The van der Waals surface area contributed by atoms with Gasteiger partial charge in [0.05, 0.1) is 6.33 Å². The van der Waals surface area contributed by atoms with E-state index in [4.69, 9.17) is 10.8 Å². The number of carboxylic acids is 1. The van der Waals surface area contributed by atoms with Gasteiger partial charge >= 0.3 is 5.97 Å². The van der Waals surface area contributed by atoms with Crippen molar-refractivity contribution in [3.05, 3.63) is 12.0 Å². The molecule has 4 aliphatic rings. The number of nitrogens with two attached hydrogens (primary N) is 1. The van der Waals surface area contributed by atoms with Gasteiger partial charge in [-0.1, -0.05) is 0 Å². The van der Waals surface area contributed by atoms with E-state index in [0.717, 1.165) is 30.2 Å². The number of rotatable bonds is 3. The number of aromatic carboxylic acids is 1. The van der Waals surface area contributed by atoms with E-state index in [1.807, 2.05) is 4.57 Å². The number of carboxylic acid groups (broad SMARTS) is 1. The number of nitrogen functional groups attached to an aromatic ring is 1. The molecular formula is C15H21N3O2. The van der Waals surface area contributed by atoms with Crippen LogP contribution in [0.15, 0.2) is 6.33 Å². The van der Waals surface area contributed by atoms with Crippen molar-refractivity contribution in [3.63, 3.8) is 0 Å². The van der Waals surface area contributed by atoms with Gasteiger partial charge in [0.25, 0.3) is 0 Å². The number of nitrogens with zero attached hydrogens (tertiary/aromatic N) is 2. The molecule has 0 aromatic carbocycles. The molecule has 0 radical (unpaired) electrons. The first kappa shape index (κ1) is 12.2. The molecule has 1 heterocycles. The molecule has 4 aliphatic carbocycles. The van der Waals surface area contributed by atoms with E-state index in [2.05, 4.69) is 4.98 Å². The summed E-state index contributed by atoms with van der Waals surface area (Å²) in [5, 5.41) is 9.03. The molecule has 20 heavy (non-hydrogen) atoms. The molecule has 4 bridgehead atoms. The standard InChI is InChI=1S/C15H21N3O2/c16-14-13(15(19)20)17-7-18(14)6-12-10-2-8-1-9(4-10)5-11(12)3-8/h7-12H,1-6,16H2,(H,19,20). The first-order valence-electron chi connectivity index (χ1n) is 7.65. The number of carbonyl (C=O) groups is 1. The summed E-state index contributed by atoms with van der Waals surface area (Å²) < 4.78 is 1.86. The minimum Gasteiger partial charge on any atom is -0.476 e. The SMILES string of the molecule is Nc1c(C(=O)O)ncn1CC1C2CC3CC(C2)CC1C3. The van der Waals surface area contributed by atoms with Crippen LogP contribution in [0.4, 0.5) is 5.82 Å². The number of hydrogen-bond acceptors (Lipinski definition) is 3. The summed E-state index contributed by atoms with van der Waals surface area (Å²) >= 11 is 0. The van der Waals surface area contributed by atoms with Crippen molar-refractivity contribution in [2.75, 3.05) is 5.73 Å². The smallest absolute Gasteiger partial charge is 0.358 e. The minimum absolute atomic E-state index is 0.00573. The molecule has 0 atom stereocenters. The lowest BCUT2D eigenvalue weighted by atomic mass is 9.52. The molecule has 0 spiro atoms. The lowest BCUT2D eigenvalue weighted by Gasteiger charge is -2.54. The molecule has 5 heteroatoms. The van der Waals surface area contributed by atoms with Gasteiger partial charge in [-0.05, 0) is 61.7 Å². The maximum absolute atomic E-state index is 11.0. The van der Waals surface area contributed by atoms with Crippen molar-refractivity contribution in [2.45, 2.75) is 38.6 Å². The van der Waals surface area contributed by atoms with Crippen molar-refractivity contribution in [3.8, 4) is 0 Å². The Bertz CT molecular complexity index is 523. The lowest BCUT2D eigenvalue weighted by molar-refractivity contribution is -0.0428. The second-order valence-corrected chi connectivity index (χ2v) is 7.03. The Balaban J connectivity index is 1.56. The van der Waals surface area contributed by atoms with Gasteiger partial charge in [0.1, 0.15) is 5.82 Å². The zero-order valence-electron chi connectivity index (χ0n) is 11.5. The molecule has 0 aliphatic heterocycles. The highest BCUT2D eigenvalue weighted by Crippen LogP contribution is 2.56. The van der Waals surface area contributed by atoms with Crippen LogP contribution in [0, 0.1) is 29.6 Å². The third-order valence-electron chi connectivity index (χ3n) is 5.91. The van der Waals surface area contributed by atoms with E-state index < -0.39 is 5.97 Å². The monoisotopic (exact) mass is 275 g/mol. The topological polar surface area (TPSA) is 81.1 Å². The van der Waals surface area contributed by atoms with Gasteiger partial charge in [-0.15, -0.1) is 0 Å². The quantitative estimate of drug-likeness (QED) is 0.886. The maximum atomic E-state index is 11.0. The molecule has 108 valence electrons. The summed E-state index contributed by atoms with van der Waals surface area (Å²) in [6, 6.07) is 0. The summed E-state index contributed by atoms with van der Waals surface area (Å²) in [4.78, 5) is 15.0. The highest BCUT2D eigenvalue weighted by molar-refractivity contribution is 5.90. The van der Waals surface area contributed by atoms with Crippen LogP contribution in [-0.4, -0.2) is 20.6 Å². The van der Waals surface area contributed by atoms with Crippen LogP contribution in [0.5, 0.6) is 0 Å². The molecule has 5 nitrogen and oxygen atoms in total. The van der Waals surface area contributed by atoms with Crippen molar-refractivity contribution in [2.24, 2.45) is 29.6 Å². The number of imidazole rings is 1. The van der Waals surface area contributed by atoms with Gasteiger partial charge in [0.2, 0.25) is 0 Å². The average molecular weight is 275 g/mol. The van der Waals surface area contributed by atoms with E-state index >= 15 is 0 Å². The van der Waals surface area contributed by atoms with Crippen molar-refractivity contribution in [1.29, 1.82) is 0 Å². The highest BCUT2D eigenvalue weighted by Gasteiger charge is 2.48. The van der Waals surface area contributed by atoms with Gasteiger partial charge in [0.15, 0.2) is 5.69 Å². The van der Waals surface area contributed by atoms with Crippen molar-refractivity contribution >= 4 is 11.8 Å². The molecule has 3 N–H and O–H groups in total. The second-order valence-electron chi connectivity index (χ2n) is 7.03. The Hall–Kier alpha value is -1.52. The van der Waals surface area contributed by atoms with Gasteiger partial charge in [-0.2, -0.15) is 0 Å². The predicted molar refractivity (Wildman–Crippen MR) is 74.1 cm³/mol. The first-order chi connectivity index (χ1) is 9.61. The first-order valence-corrected chi connectivity index (χ1v) is 7.65. The molecule has 4 fully saturated rings. The minimum atomic E-state index is -1.04. The zero-order chi connectivity index (χ0) is 13.9. The van der Waals surface area contributed by atoms with Crippen LogP contribution >= 0.6 is 0 Å². The number of anilines is 1. The highest BCUT2D eigenvalue weighted by atomic mass is 16.4. The fraction of sp³-hybridized carbons (Fsp3) is 0.733. The molecular weight excluding hydrogens is 254 g/mol. The third-order valence-corrected chi connectivity index (χ3v) is 5.91. The van der Waals surface area contributed by atoms with Crippen LogP contribution < -0.4 is 5.73 Å². The van der Waals surface area contributed by atoms with Gasteiger partial charge in [-0.25, -0.2) is 9.78 Å². The molecule has 5 rings (SSSR count). The molecule has 4 saturated carbocycles. The molecule has 0 amide bonds. The normalized spacial score (nSPS) is 38.3. The lowest BCUT2D eigenvalue weighted by Crippen LogP contribution is -2.46. The Morgan fingerprint density at radius 3 is 2.35 bits per heavy atom. The van der Waals surface area contributed by atoms with Crippen LogP contribution in [0.3, 0.4) is 0 Å². The number of aromatic nitrogens is 2. The fourth-order valence-corrected chi connectivity index (χ4v) is 5.27. The maximum Gasteiger partial charge on any atom is 0.358 e. The summed E-state index contributed by atoms with van der Waals surface area (Å²) in [5.74, 6) is 3.51. The Morgan fingerprint density at radius 1 is 1.25 bits per heavy atom. The third kappa shape index (κ3) is 1.75. The van der Waals surface area contributed by atoms with Crippen LogP contribution in [0.2, 0.25) is 0 Å². The Morgan fingerprint density at radius 2 is 1.85 bits per heavy atom. The fourth-order valence-electron chi connectivity index (χ4n) is 5.27. The summed E-state index contributed by atoms with van der Waals surface area (Å²) in [7, 11) is 0. The van der Waals surface area contributed by atoms with Gasteiger partial charge in [-0.3, -0.25) is 0 Å². The average Bonchev–Trinajstić information content (AvgIpc) is 2.74. The predicted octanol–water partition coefficient (Wildman–Crippen LogP) is 2.24. The molecule has 1 aromatic heterocycles. The van der Waals surface area contributed by atoms with Crippen molar-refractivity contribution in [1.82, 2.24) is 9.55 Å². The molecule has 0 unspecified atom stereocenters. The second kappa shape index (κ2) is 4.24. The zero-order valence-corrected chi connectivity index (χ0v) is 11.5. The van der Waals surface area contributed by atoms with Crippen LogP contribution in [-0.2, 0) is 6.54 Å². The van der Waals surface area contributed by atoms with E-state index in [0.29, 0.717) is 11.7 Å². The van der Waals surface area contributed by atoms with Crippen LogP contribution in [0.1, 0.15) is 42.6 Å². The summed E-state index contributed by atoms with van der Waals surface area (Å²) in [6.45, 7) is 0.848. The Labute approximate surface area is 118 Å². The van der Waals surface area contributed by atoms with Gasteiger partial charge in [0, 0.05) is 6.54 Å². The van der Waals surface area contributed by atoms with E-state index in [1.54, 1.807) is 6.33 Å². The van der Waals surface area contributed by atoms with E-state index in [1.165, 1.54) is 32.1 Å². The van der Waals surface area contributed by atoms with E-state index in [-0.39, 0.29) is 5.69 Å². The van der Waals surface area contributed by atoms with Crippen molar-refractivity contribution < 1.29 is 9.90 Å². The molecule has 1 aromatic rings. The Kier molecular flexibility index (Phi) is 2.59. The molecule has 0 saturated heterocycles. The largest absolute Gasteiger partial charge is 0.476 e. The van der Waals surface area contributed by atoms with Gasteiger partial charge < -0.3 is 15.4 Å². The summed E-state index contributed by atoms with van der Waals surface area (Å²) in [5.41, 5.74) is 5.92. The summed E-state index contributed by atoms with van der Waals surface area (Å²) in [6.07, 6.45) is 8.55. The van der Waals surface area contributed by atoms with Crippen LogP contribution in [0.25, 0.3) is 0 Å². The van der Waals surface area contributed by atoms with E-state index in [9.17, 15) is 4.79 Å².